The van der Waals surface area contributed by atoms with E-state index in [0.29, 0.717) is 6.42 Å². The molecule has 2 unspecified atom stereocenters. The summed E-state index contributed by atoms with van der Waals surface area (Å²) in [6, 6.07) is -0.677. The molecule has 5 atom stereocenters. The average molecular weight is 404 g/mol. The SMILES string of the molecule is CC(C)[C@@H]1OC(CO)[C@@H](O)[C@H](O)C1NC(=O)CCCCCCCCCCCO. The van der Waals surface area contributed by atoms with Gasteiger partial charge in [0.1, 0.15) is 18.3 Å². The standard InChI is InChI=1S/C21H41NO6/c1-15(2)21-18(20(27)19(26)16(14-24)28-21)22-17(25)12-10-8-6-4-3-5-7-9-11-13-23/h15-16,18-21,23-24,26-27H,3-14H2,1-2H3,(H,22,25)/t16?,18?,19-,20-,21+/m1/s1. The molecule has 0 radical (unpaired) electrons. The van der Waals surface area contributed by atoms with Gasteiger partial charge in [-0.15, -0.1) is 0 Å². The molecule has 1 aliphatic rings. The number of aliphatic hydroxyl groups excluding tert-OH is 4. The summed E-state index contributed by atoms with van der Waals surface area (Å²) in [5.41, 5.74) is 0. The van der Waals surface area contributed by atoms with Crippen molar-refractivity contribution in [3.05, 3.63) is 0 Å². The number of rotatable bonds is 14. The Morgan fingerprint density at radius 1 is 0.893 bits per heavy atom. The number of nitrogens with one attached hydrogen (secondary N) is 1. The second-order valence-corrected chi connectivity index (χ2v) is 8.30. The van der Waals surface area contributed by atoms with E-state index in [1.54, 1.807) is 0 Å². The predicted octanol–water partition coefficient (Wildman–Crippen LogP) is 1.50. The highest BCUT2D eigenvalue weighted by Gasteiger charge is 2.45. The third kappa shape index (κ3) is 8.74. The normalized spacial score (nSPS) is 27.9. The molecule has 1 aliphatic heterocycles. The zero-order chi connectivity index (χ0) is 20.9. The van der Waals surface area contributed by atoms with Gasteiger partial charge < -0.3 is 30.5 Å². The van der Waals surface area contributed by atoms with Gasteiger partial charge in [-0.25, -0.2) is 0 Å². The van der Waals surface area contributed by atoms with Gasteiger partial charge in [0.2, 0.25) is 5.91 Å². The molecular formula is C21H41NO6. The fourth-order valence-corrected chi connectivity index (χ4v) is 3.78. The summed E-state index contributed by atoms with van der Waals surface area (Å²) in [6.07, 6.45) is 6.36. The smallest absolute Gasteiger partial charge is 0.220 e. The van der Waals surface area contributed by atoms with Crippen LogP contribution in [-0.2, 0) is 9.53 Å². The molecule has 1 fully saturated rings. The Morgan fingerprint density at radius 3 is 1.93 bits per heavy atom. The van der Waals surface area contributed by atoms with Crippen molar-refractivity contribution in [2.45, 2.75) is 109 Å². The Hall–Kier alpha value is -0.730. The van der Waals surface area contributed by atoms with Crippen LogP contribution in [0.4, 0.5) is 0 Å². The first-order valence-electron chi connectivity index (χ1n) is 10.9. The van der Waals surface area contributed by atoms with Crippen LogP contribution in [0.15, 0.2) is 0 Å². The fourth-order valence-electron chi connectivity index (χ4n) is 3.78. The van der Waals surface area contributed by atoms with Gasteiger partial charge in [0, 0.05) is 13.0 Å². The monoisotopic (exact) mass is 403 g/mol. The highest BCUT2D eigenvalue weighted by atomic mass is 16.5. The van der Waals surface area contributed by atoms with Crippen molar-refractivity contribution >= 4 is 5.91 Å². The van der Waals surface area contributed by atoms with Crippen LogP contribution in [0.2, 0.25) is 0 Å². The Balaban J connectivity index is 2.26. The van der Waals surface area contributed by atoms with Crippen LogP contribution in [0.1, 0.15) is 78.1 Å². The van der Waals surface area contributed by atoms with Crippen molar-refractivity contribution in [3.8, 4) is 0 Å². The van der Waals surface area contributed by atoms with E-state index in [1.165, 1.54) is 25.7 Å². The zero-order valence-electron chi connectivity index (χ0n) is 17.6. The fraction of sp³-hybridized carbons (Fsp3) is 0.952. The van der Waals surface area contributed by atoms with Crippen molar-refractivity contribution in [2.24, 2.45) is 5.92 Å². The van der Waals surface area contributed by atoms with E-state index >= 15 is 0 Å². The first kappa shape index (κ1) is 25.3. The molecule has 0 bridgehead atoms. The lowest BCUT2D eigenvalue weighted by Crippen LogP contribution is -2.65. The molecule has 7 heteroatoms. The van der Waals surface area contributed by atoms with Crippen molar-refractivity contribution in [1.29, 1.82) is 0 Å². The van der Waals surface area contributed by atoms with Crippen LogP contribution in [0, 0.1) is 5.92 Å². The minimum atomic E-state index is -1.22. The van der Waals surface area contributed by atoms with E-state index in [1.807, 2.05) is 13.8 Å². The van der Waals surface area contributed by atoms with Crippen LogP contribution in [0.3, 0.4) is 0 Å². The van der Waals surface area contributed by atoms with E-state index in [2.05, 4.69) is 5.32 Å². The van der Waals surface area contributed by atoms with Gasteiger partial charge in [0.15, 0.2) is 0 Å². The van der Waals surface area contributed by atoms with Crippen LogP contribution < -0.4 is 5.32 Å². The zero-order valence-corrected chi connectivity index (χ0v) is 17.6. The van der Waals surface area contributed by atoms with Crippen LogP contribution in [0.5, 0.6) is 0 Å². The molecule has 1 rings (SSSR count). The minimum Gasteiger partial charge on any atom is -0.396 e. The third-order valence-corrected chi connectivity index (χ3v) is 5.51. The Labute approximate surface area is 169 Å². The summed E-state index contributed by atoms with van der Waals surface area (Å²) in [7, 11) is 0. The first-order chi connectivity index (χ1) is 13.4. The second-order valence-electron chi connectivity index (χ2n) is 8.30. The van der Waals surface area contributed by atoms with E-state index in [-0.39, 0.29) is 25.0 Å². The highest BCUT2D eigenvalue weighted by molar-refractivity contribution is 5.76. The lowest BCUT2D eigenvalue weighted by atomic mass is 9.87. The number of carbonyl (C=O) groups excluding carboxylic acids is 1. The summed E-state index contributed by atoms with van der Waals surface area (Å²) < 4.78 is 5.71. The van der Waals surface area contributed by atoms with Gasteiger partial charge in [0.05, 0.1) is 18.8 Å². The summed E-state index contributed by atoms with van der Waals surface area (Å²) in [5.74, 6) is -0.115. The molecule has 0 saturated carbocycles. The van der Waals surface area contributed by atoms with E-state index in [4.69, 9.17) is 9.84 Å². The summed E-state index contributed by atoms with van der Waals surface area (Å²) in [5, 5.41) is 41.3. The van der Waals surface area contributed by atoms with Gasteiger partial charge in [-0.1, -0.05) is 58.8 Å². The molecule has 5 N–H and O–H groups in total. The summed E-state index contributed by atoms with van der Waals surface area (Å²) in [6.45, 7) is 3.76. The molecule has 7 nitrogen and oxygen atoms in total. The summed E-state index contributed by atoms with van der Waals surface area (Å²) >= 11 is 0. The van der Waals surface area contributed by atoms with Gasteiger partial charge in [-0.2, -0.15) is 0 Å². The first-order valence-corrected chi connectivity index (χ1v) is 10.9. The van der Waals surface area contributed by atoms with Gasteiger partial charge >= 0.3 is 0 Å². The second kappa shape index (κ2) is 14.3. The molecular weight excluding hydrogens is 362 g/mol. The molecule has 1 amide bonds. The van der Waals surface area contributed by atoms with Crippen LogP contribution in [-0.4, -0.2) is 70.0 Å². The quantitative estimate of drug-likeness (QED) is 0.281. The molecule has 1 saturated heterocycles. The predicted molar refractivity (Wildman–Crippen MR) is 108 cm³/mol. The summed E-state index contributed by atoms with van der Waals surface area (Å²) in [4.78, 5) is 12.3. The number of hydrogen-bond donors (Lipinski definition) is 5. The van der Waals surface area contributed by atoms with Crippen molar-refractivity contribution in [2.75, 3.05) is 13.2 Å². The molecule has 0 aliphatic carbocycles. The number of unbranched alkanes of at least 4 members (excludes halogenated alkanes) is 8. The molecule has 166 valence electrons. The van der Waals surface area contributed by atoms with Crippen molar-refractivity contribution in [3.63, 3.8) is 0 Å². The topological polar surface area (TPSA) is 119 Å². The lowest BCUT2D eigenvalue weighted by molar-refractivity contribution is -0.204. The highest BCUT2D eigenvalue weighted by Crippen LogP contribution is 2.26. The van der Waals surface area contributed by atoms with E-state index in [9.17, 15) is 20.1 Å². The number of amides is 1. The maximum Gasteiger partial charge on any atom is 0.220 e. The molecule has 0 aromatic carbocycles. The van der Waals surface area contributed by atoms with Gasteiger partial charge in [-0.3, -0.25) is 4.79 Å². The molecule has 0 aromatic rings. The Kier molecular flexibility index (Phi) is 12.9. The molecule has 0 aromatic heterocycles. The number of aliphatic hydroxyl groups is 4. The Bertz CT molecular complexity index is 420. The van der Waals surface area contributed by atoms with Crippen molar-refractivity contribution in [1.82, 2.24) is 5.32 Å². The lowest BCUT2D eigenvalue weighted by Gasteiger charge is -2.44. The number of carbonyl (C=O) groups is 1. The largest absolute Gasteiger partial charge is 0.396 e. The van der Waals surface area contributed by atoms with E-state index in [0.717, 1.165) is 32.1 Å². The van der Waals surface area contributed by atoms with Crippen LogP contribution >= 0.6 is 0 Å². The number of hydrogen-bond acceptors (Lipinski definition) is 6. The Morgan fingerprint density at radius 2 is 1.43 bits per heavy atom. The molecule has 28 heavy (non-hydrogen) atoms. The van der Waals surface area contributed by atoms with Crippen molar-refractivity contribution < 1.29 is 30.0 Å². The average Bonchev–Trinajstić information content (AvgIpc) is 2.67. The molecule has 0 spiro atoms. The van der Waals surface area contributed by atoms with Gasteiger partial charge in [0.25, 0.3) is 0 Å². The third-order valence-electron chi connectivity index (χ3n) is 5.51. The van der Waals surface area contributed by atoms with Crippen LogP contribution in [0.25, 0.3) is 0 Å². The maximum atomic E-state index is 12.3. The maximum absolute atomic E-state index is 12.3. The van der Waals surface area contributed by atoms with E-state index < -0.39 is 30.5 Å². The minimum absolute atomic E-state index is 0.0267. The number of ether oxygens (including phenoxy) is 1. The molecule has 1 heterocycles. The van der Waals surface area contributed by atoms with Gasteiger partial charge in [-0.05, 0) is 18.8 Å².